The van der Waals surface area contributed by atoms with Crippen LogP contribution in [0.25, 0.3) is 11.2 Å². The van der Waals surface area contributed by atoms with Crippen molar-refractivity contribution in [2.45, 2.75) is 25.4 Å². The minimum absolute atomic E-state index is 0. The molecular weight excluding hydrogens is 421 g/mol. The zero-order valence-corrected chi connectivity index (χ0v) is 16.0. The first kappa shape index (κ1) is 21.1. The van der Waals surface area contributed by atoms with Crippen molar-refractivity contribution in [3.8, 4) is 0 Å². The Bertz CT molecular complexity index is 678. The lowest BCUT2D eigenvalue weighted by Crippen LogP contribution is -2.46. The standard InChI is InChI=1S/C14H18BrN5O2.2ClH/c15-9-5-10-13(17-6-9)20-11(19-10)7-18-14(21)12(16)8-1-3-22-4-2-8;;/h5-6,8,12H,1-4,7,16H2,(H,18,21)(H,17,19,20);2*1H. The Morgan fingerprint density at radius 2 is 2.17 bits per heavy atom. The third-order valence-electron chi connectivity index (χ3n) is 3.86. The van der Waals surface area contributed by atoms with E-state index in [1.54, 1.807) is 6.20 Å². The molecule has 0 radical (unpaired) electrons. The van der Waals surface area contributed by atoms with Crippen LogP contribution < -0.4 is 11.1 Å². The molecule has 0 bridgehead atoms. The van der Waals surface area contributed by atoms with Gasteiger partial charge in [-0.25, -0.2) is 9.97 Å². The molecule has 7 nitrogen and oxygen atoms in total. The Kier molecular flexibility index (Phi) is 8.38. The highest BCUT2D eigenvalue weighted by Crippen LogP contribution is 2.18. The number of pyridine rings is 1. The topological polar surface area (TPSA) is 106 Å². The van der Waals surface area contributed by atoms with Crippen LogP contribution >= 0.6 is 40.7 Å². The van der Waals surface area contributed by atoms with Crippen molar-refractivity contribution < 1.29 is 9.53 Å². The fraction of sp³-hybridized carbons (Fsp3) is 0.500. The number of nitrogens with one attached hydrogen (secondary N) is 2. The van der Waals surface area contributed by atoms with Gasteiger partial charge in [-0.15, -0.1) is 24.8 Å². The van der Waals surface area contributed by atoms with Gasteiger partial charge in [0.25, 0.3) is 0 Å². The van der Waals surface area contributed by atoms with Gasteiger partial charge in [0.2, 0.25) is 5.91 Å². The zero-order valence-electron chi connectivity index (χ0n) is 12.8. The summed E-state index contributed by atoms with van der Waals surface area (Å²) >= 11 is 3.36. The smallest absolute Gasteiger partial charge is 0.237 e. The van der Waals surface area contributed by atoms with Gasteiger partial charge in [0.15, 0.2) is 5.65 Å². The number of amides is 1. The first-order valence-corrected chi connectivity index (χ1v) is 8.04. The second-order valence-corrected chi connectivity index (χ2v) is 6.32. The van der Waals surface area contributed by atoms with Gasteiger partial charge in [-0.1, -0.05) is 0 Å². The highest BCUT2D eigenvalue weighted by Gasteiger charge is 2.26. The predicted octanol–water partition coefficient (Wildman–Crippen LogP) is 1.93. The molecule has 1 saturated heterocycles. The van der Waals surface area contributed by atoms with E-state index in [0.29, 0.717) is 31.2 Å². The molecule has 0 spiro atoms. The van der Waals surface area contributed by atoms with E-state index in [1.165, 1.54) is 0 Å². The molecule has 24 heavy (non-hydrogen) atoms. The predicted molar refractivity (Wildman–Crippen MR) is 99.4 cm³/mol. The van der Waals surface area contributed by atoms with Crippen LogP contribution in [0.2, 0.25) is 0 Å². The van der Waals surface area contributed by atoms with Crippen molar-refractivity contribution in [2.75, 3.05) is 13.2 Å². The number of nitrogens with zero attached hydrogens (tertiary/aromatic N) is 2. The molecule has 0 aromatic carbocycles. The maximum atomic E-state index is 12.1. The zero-order chi connectivity index (χ0) is 15.5. The number of nitrogens with two attached hydrogens (primary N) is 1. The lowest BCUT2D eigenvalue weighted by atomic mass is 9.92. The van der Waals surface area contributed by atoms with Gasteiger partial charge in [-0.2, -0.15) is 0 Å². The second kappa shape index (κ2) is 9.53. The number of hydrogen-bond donors (Lipinski definition) is 3. The van der Waals surface area contributed by atoms with Gasteiger partial charge in [-0.05, 0) is 40.8 Å². The number of fused-ring (bicyclic) bond motifs is 1. The van der Waals surface area contributed by atoms with E-state index in [1.807, 2.05) is 6.07 Å². The van der Waals surface area contributed by atoms with E-state index in [9.17, 15) is 4.79 Å². The maximum absolute atomic E-state index is 12.1. The lowest BCUT2D eigenvalue weighted by Gasteiger charge is -2.26. The molecule has 4 N–H and O–H groups in total. The molecule has 1 amide bonds. The highest BCUT2D eigenvalue weighted by molar-refractivity contribution is 9.10. The maximum Gasteiger partial charge on any atom is 0.237 e. The number of rotatable bonds is 4. The summed E-state index contributed by atoms with van der Waals surface area (Å²) in [7, 11) is 0. The molecule has 2 aromatic heterocycles. The molecule has 0 aliphatic carbocycles. The molecule has 1 unspecified atom stereocenters. The van der Waals surface area contributed by atoms with Gasteiger partial charge < -0.3 is 20.8 Å². The number of aromatic amines is 1. The fourth-order valence-electron chi connectivity index (χ4n) is 2.59. The lowest BCUT2D eigenvalue weighted by molar-refractivity contribution is -0.124. The van der Waals surface area contributed by atoms with Crippen LogP contribution in [0.1, 0.15) is 18.7 Å². The van der Waals surface area contributed by atoms with E-state index in [4.69, 9.17) is 10.5 Å². The third kappa shape index (κ3) is 5.03. The molecule has 3 heterocycles. The average Bonchev–Trinajstić information content (AvgIpc) is 2.94. The van der Waals surface area contributed by atoms with E-state index in [2.05, 4.69) is 36.2 Å². The van der Waals surface area contributed by atoms with Crippen LogP contribution in [0.4, 0.5) is 0 Å². The number of carbonyl (C=O) groups is 1. The SMILES string of the molecule is Cl.Cl.NC(C(=O)NCc1nc2ncc(Br)cc2[nH]1)C1CCOCC1. The molecule has 2 aromatic rings. The quantitative estimate of drug-likeness (QED) is 0.673. The molecule has 3 rings (SSSR count). The van der Waals surface area contributed by atoms with Gasteiger partial charge in [-0.3, -0.25) is 4.79 Å². The van der Waals surface area contributed by atoms with Crippen molar-refractivity contribution in [2.24, 2.45) is 11.7 Å². The van der Waals surface area contributed by atoms with E-state index < -0.39 is 6.04 Å². The Balaban J connectivity index is 0.00000144. The van der Waals surface area contributed by atoms with Gasteiger partial charge in [0, 0.05) is 23.9 Å². The Morgan fingerprint density at radius 3 is 2.88 bits per heavy atom. The molecule has 1 aliphatic heterocycles. The van der Waals surface area contributed by atoms with Crippen molar-refractivity contribution in [1.29, 1.82) is 0 Å². The summed E-state index contributed by atoms with van der Waals surface area (Å²) in [6, 6.07) is 1.40. The highest BCUT2D eigenvalue weighted by atomic mass is 79.9. The monoisotopic (exact) mass is 439 g/mol. The molecule has 134 valence electrons. The number of aromatic nitrogens is 3. The number of carbonyl (C=O) groups excluding carboxylic acids is 1. The van der Waals surface area contributed by atoms with E-state index in [0.717, 1.165) is 22.8 Å². The summed E-state index contributed by atoms with van der Waals surface area (Å²) in [5.74, 6) is 0.691. The number of halogens is 3. The minimum Gasteiger partial charge on any atom is -0.381 e. The summed E-state index contributed by atoms with van der Waals surface area (Å²) in [4.78, 5) is 23.8. The number of imidazole rings is 1. The minimum atomic E-state index is -0.499. The molecule has 1 atom stereocenters. The summed E-state index contributed by atoms with van der Waals surface area (Å²) in [5.41, 5.74) is 7.49. The van der Waals surface area contributed by atoms with Crippen LogP contribution in [-0.4, -0.2) is 40.1 Å². The second-order valence-electron chi connectivity index (χ2n) is 5.40. The molecule has 10 heteroatoms. The number of ether oxygens (including phenoxy) is 1. The first-order chi connectivity index (χ1) is 10.6. The average molecular weight is 441 g/mol. The molecule has 1 aliphatic rings. The van der Waals surface area contributed by atoms with Crippen molar-refractivity contribution in [3.05, 3.63) is 22.6 Å². The summed E-state index contributed by atoms with van der Waals surface area (Å²) in [5, 5.41) is 2.83. The Labute approximate surface area is 160 Å². The molecular formula is C14H20BrCl2N5O2. The van der Waals surface area contributed by atoms with Crippen molar-refractivity contribution >= 4 is 57.8 Å². The van der Waals surface area contributed by atoms with Crippen LogP contribution in [0, 0.1) is 5.92 Å². The van der Waals surface area contributed by atoms with Gasteiger partial charge in [0.05, 0.1) is 18.1 Å². The summed E-state index contributed by atoms with van der Waals surface area (Å²) in [6.07, 6.45) is 3.35. The summed E-state index contributed by atoms with van der Waals surface area (Å²) in [6.45, 7) is 1.66. The summed E-state index contributed by atoms with van der Waals surface area (Å²) < 4.78 is 6.16. The largest absolute Gasteiger partial charge is 0.381 e. The first-order valence-electron chi connectivity index (χ1n) is 7.24. The van der Waals surface area contributed by atoms with E-state index in [-0.39, 0.29) is 36.6 Å². The number of hydrogen-bond acceptors (Lipinski definition) is 5. The number of H-pyrrole nitrogens is 1. The van der Waals surface area contributed by atoms with Crippen molar-refractivity contribution in [3.63, 3.8) is 0 Å². The third-order valence-corrected chi connectivity index (χ3v) is 4.29. The Hall–Kier alpha value is -0.930. The fourth-order valence-corrected chi connectivity index (χ4v) is 2.92. The van der Waals surface area contributed by atoms with Crippen LogP contribution in [0.15, 0.2) is 16.7 Å². The van der Waals surface area contributed by atoms with Gasteiger partial charge in [0.1, 0.15) is 5.82 Å². The van der Waals surface area contributed by atoms with Gasteiger partial charge >= 0.3 is 0 Å². The van der Waals surface area contributed by atoms with Crippen LogP contribution in [-0.2, 0) is 16.1 Å². The van der Waals surface area contributed by atoms with Crippen LogP contribution in [0.3, 0.4) is 0 Å². The van der Waals surface area contributed by atoms with Crippen molar-refractivity contribution in [1.82, 2.24) is 20.3 Å². The molecule has 1 fully saturated rings. The molecule has 0 saturated carbocycles. The Morgan fingerprint density at radius 1 is 1.46 bits per heavy atom. The van der Waals surface area contributed by atoms with Crippen LogP contribution in [0.5, 0.6) is 0 Å². The van der Waals surface area contributed by atoms with E-state index >= 15 is 0 Å². The normalized spacial score (nSPS) is 16.1.